The zero-order chi connectivity index (χ0) is 13.8. The highest BCUT2D eigenvalue weighted by Gasteiger charge is 2.07. The van der Waals surface area contributed by atoms with Gasteiger partial charge >= 0.3 is 0 Å². The molecule has 0 heterocycles. The lowest BCUT2D eigenvalue weighted by Gasteiger charge is -2.16. The van der Waals surface area contributed by atoms with Crippen LogP contribution in [-0.2, 0) is 0 Å². The van der Waals surface area contributed by atoms with Crippen LogP contribution < -0.4 is 5.32 Å². The van der Waals surface area contributed by atoms with E-state index in [0.717, 1.165) is 10.0 Å². The molecule has 0 saturated carbocycles. The van der Waals surface area contributed by atoms with Gasteiger partial charge in [-0.05, 0) is 42.8 Å². The Bertz CT molecular complexity index is 617. The molecule has 0 spiro atoms. The lowest BCUT2D eigenvalue weighted by molar-refractivity contribution is 0.624. The molecule has 2 nitrogen and oxygen atoms in total. The molecule has 1 N–H and O–H groups in total. The molecule has 0 fully saturated rings. The van der Waals surface area contributed by atoms with Gasteiger partial charge in [-0.3, -0.25) is 0 Å². The molecule has 2 rings (SSSR count). The molecule has 96 valence electrons. The minimum Gasteiger partial charge on any atom is -0.378 e. The van der Waals surface area contributed by atoms with Crippen LogP contribution in [0.25, 0.3) is 0 Å². The van der Waals surface area contributed by atoms with E-state index in [4.69, 9.17) is 5.26 Å². The van der Waals surface area contributed by atoms with E-state index in [0.29, 0.717) is 5.69 Å². The molecule has 2 aromatic carbocycles. The molecule has 2 aromatic rings. The lowest BCUT2D eigenvalue weighted by Crippen LogP contribution is -2.06. The van der Waals surface area contributed by atoms with E-state index in [-0.39, 0.29) is 11.6 Å². The smallest absolute Gasteiger partial charge is 0.143 e. The van der Waals surface area contributed by atoms with Crippen LogP contribution in [0.5, 0.6) is 0 Å². The van der Waals surface area contributed by atoms with E-state index >= 15 is 0 Å². The molecule has 1 unspecified atom stereocenters. The van der Waals surface area contributed by atoms with Crippen molar-refractivity contribution in [1.29, 1.82) is 5.26 Å². The lowest BCUT2D eigenvalue weighted by atomic mass is 10.1. The summed E-state index contributed by atoms with van der Waals surface area (Å²) < 4.78 is 14.5. The quantitative estimate of drug-likeness (QED) is 0.895. The molecule has 0 bridgehead atoms. The van der Waals surface area contributed by atoms with E-state index in [9.17, 15) is 4.39 Å². The molecule has 0 radical (unpaired) electrons. The Morgan fingerprint density at radius 1 is 1.21 bits per heavy atom. The van der Waals surface area contributed by atoms with Gasteiger partial charge in [-0.25, -0.2) is 4.39 Å². The molecule has 0 aromatic heterocycles. The summed E-state index contributed by atoms with van der Waals surface area (Å²) in [5.41, 5.74) is 1.82. The summed E-state index contributed by atoms with van der Waals surface area (Å²) in [6.07, 6.45) is 0. The van der Waals surface area contributed by atoms with Crippen LogP contribution >= 0.6 is 15.9 Å². The van der Waals surface area contributed by atoms with Crippen LogP contribution in [0, 0.1) is 17.1 Å². The summed E-state index contributed by atoms with van der Waals surface area (Å²) >= 11 is 3.39. The van der Waals surface area contributed by atoms with Crippen LogP contribution in [0.2, 0.25) is 0 Å². The Balaban J connectivity index is 2.15. The maximum atomic E-state index is 13.5. The van der Waals surface area contributed by atoms with Gasteiger partial charge in [-0.1, -0.05) is 28.1 Å². The third-order valence-corrected chi connectivity index (χ3v) is 3.37. The molecule has 0 saturated heterocycles. The maximum absolute atomic E-state index is 13.5. The number of nitrogens with zero attached hydrogens (tertiary/aromatic N) is 1. The van der Waals surface area contributed by atoms with Crippen molar-refractivity contribution in [3.05, 3.63) is 63.9 Å². The Morgan fingerprint density at radius 2 is 1.89 bits per heavy atom. The normalized spacial score (nSPS) is 11.7. The summed E-state index contributed by atoms with van der Waals surface area (Å²) in [7, 11) is 0. The molecule has 0 aliphatic carbocycles. The number of anilines is 1. The van der Waals surface area contributed by atoms with Crippen LogP contribution in [-0.4, -0.2) is 0 Å². The standard InChI is InChI=1S/C15H12BrFN2/c1-10(11-2-5-13(16)6-3-11)19-14-7-4-12(9-18)15(17)8-14/h2-8,10,19H,1H3. The molecule has 4 heteroatoms. The second kappa shape index (κ2) is 5.85. The zero-order valence-electron chi connectivity index (χ0n) is 10.3. The number of nitriles is 1. The third-order valence-electron chi connectivity index (χ3n) is 2.84. The molecule has 0 aliphatic rings. The fourth-order valence-electron chi connectivity index (χ4n) is 1.78. The summed E-state index contributed by atoms with van der Waals surface area (Å²) in [5.74, 6) is -0.504. The van der Waals surface area contributed by atoms with Gasteiger partial charge in [0.2, 0.25) is 0 Å². The Hall–Kier alpha value is -1.86. The van der Waals surface area contributed by atoms with E-state index in [1.54, 1.807) is 12.1 Å². The van der Waals surface area contributed by atoms with Crippen molar-refractivity contribution >= 4 is 21.6 Å². The van der Waals surface area contributed by atoms with E-state index < -0.39 is 5.82 Å². The van der Waals surface area contributed by atoms with Gasteiger partial charge in [0, 0.05) is 16.2 Å². The average Bonchev–Trinajstić information content (AvgIpc) is 2.39. The first kappa shape index (κ1) is 13.6. The number of nitrogens with one attached hydrogen (secondary N) is 1. The number of hydrogen-bond donors (Lipinski definition) is 1. The highest BCUT2D eigenvalue weighted by Crippen LogP contribution is 2.22. The van der Waals surface area contributed by atoms with Crippen molar-refractivity contribution in [2.45, 2.75) is 13.0 Å². The summed E-state index contributed by atoms with van der Waals surface area (Å²) in [4.78, 5) is 0. The number of hydrogen-bond acceptors (Lipinski definition) is 2. The summed E-state index contributed by atoms with van der Waals surface area (Å²) in [6, 6.07) is 14.3. The third kappa shape index (κ3) is 3.33. The molecule has 0 amide bonds. The van der Waals surface area contributed by atoms with Crippen LogP contribution in [0.4, 0.5) is 10.1 Å². The summed E-state index contributed by atoms with van der Waals surface area (Å²) in [6.45, 7) is 2.00. The summed E-state index contributed by atoms with van der Waals surface area (Å²) in [5, 5.41) is 11.9. The van der Waals surface area contributed by atoms with Crippen LogP contribution in [0.3, 0.4) is 0 Å². The first-order chi connectivity index (χ1) is 9.10. The second-order valence-electron chi connectivity index (χ2n) is 4.22. The molecule has 19 heavy (non-hydrogen) atoms. The Labute approximate surface area is 120 Å². The van der Waals surface area contributed by atoms with Crippen LogP contribution in [0.15, 0.2) is 46.9 Å². The number of rotatable bonds is 3. The van der Waals surface area contributed by atoms with Crippen molar-refractivity contribution in [2.24, 2.45) is 0 Å². The van der Waals surface area contributed by atoms with Gasteiger partial charge < -0.3 is 5.32 Å². The van der Waals surface area contributed by atoms with Gasteiger partial charge in [0.25, 0.3) is 0 Å². The van der Waals surface area contributed by atoms with Crippen molar-refractivity contribution in [1.82, 2.24) is 0 Å². The van der Waals surface area contributed by atoms with E-state index in [1.165, 1.54) is 12.1 Å². The molecular weight excluding hydrogens is 307 g/mol. The van der Waals surface area contributed by atoms with Gasteiger partial charge in [-0.15, -0.1) is 0 Å². The predicted octanol–water partition coefficient (Wildman–Crippen LogP) is 4.63. The van der Waals surface area contributed by atoms with Gasteiger partial charge in [0.1, 0.15) is 11.9 Å². The SMILES string of the molecule is CC(Nc1ccc(C#N)c(F)c1)c1ccc(Br)cc1. The second-order valence-corrected chi connectivity index (χ2v) is 5.14. The molecule has 0 aliphatic heterocycles. The Kier molecular flexibility index (Phi) is 4.18. The number of halogens is 2. The monoisotopic (exact) mass is 318 g/mol. The minimum absolute atomic E-state index is 0.0560. The maximum Gasteiger partial charge on any atom is 0.143 e. The molecule has 1 atom stereocenters. The van der Waals surface area contributed by atoms with E-state index in [1.807, 2.05) is 31.2 Å². The zero-order valence-corrected chi connectivity index (χ0v) is 11.9. The van der Waals surface area contributed by atoms with Crippen molar-refractivity contribution in [3.8, 4) is 6.07 Å². The first-order valence-corrected chi connectivity index (χ1v) is 6.61. The predicted molar refractivity (Wildman–Crippen MR) is 77.3 cm³/mol. The highest BCUT2D eigenvalue weighted by atomic mass is 79.9. The van der Waals surface area contributed by atoms with Crippen molar-refractivity contribution in [2.75, 3.05) is 5.32 Å². The van der Waals surface area contributed by atoms with Crippen molar-refractivity contribution < 1.29 is 4.39 Å². The first-order valence-electron chi connectivity index (χ1n) is 5.82. The largest absolute Gasteiger partial charge is 0.378 e. The van der Waals surface area contributed by atoms with Gasteiger partial charge in [0.05, 0.1) is 5.56 Å². The van der Waals surface area contributed by atoms with Crippen molar-refractivity contribution in [3.63, 3.8) is 0 Å². The minimum atomic E-state index is -0.504. The van der Waals surface area contributed by atoms with Gasteiger partial charge in [-0.2, -0.15) is 5.26 Å². The van der Waals surface area contributed by atoms with Gasteiger partial charge in [0.15, 0.2) is 0 Å². The van der Waals surface area contributed by atoms with Crippen LogP contribution in [0.1, 0.15) is 24.1 Å². The fraction of sp³-hybridized carbons (Fsp3) is 0.133. The van der Waals surface area contributed by atoms with E-state index in [2.05, 4.69) is 21.2 Å². The number of benzene rings is 2. The average molecular weight is 319 g/mol. The topological polar surface area (TPSA) is 35.8 Å². The molecular formula is C15H12BrFN2. The highest BCUT2D eigenvalue weighted by molar-refractivity contribution is 9.10. The Morgan fingerprint density at radius 3 is 2.47 bits per heavy atom. The fourth-order valence-corrected chi connectivity index (χ4v) is 2.04.